The Morgan fingerprint density at radius 1 is 0.857 bits per heavy atom. The number of ether oxygens (including phenoxy) is 1. The highest BCUT2D eigenvalue weighted by molar-refractivity contribution is 5.35. The highest BCUT2D eigenvalue weighted by atomic mass is 16.5. The summed E-state index contributed by atoms with van der Waals surface area (Å²) in [6.45, 7) is 9.94. The van der Waals surface area contributed by atoms with Gasteiger partial charge >= 0.3 is 6.01 Å². The Bertz CT molecular complexity index is 398. The van der Waals surface area contributed by atoms with Crippen LogP contribution in [0.2, 0.25) is 0 Å². The van der Waals surface area contributed by atoms with Crippen LogP contribution < -0.4 is 15.4 Å². The molecule has 1 aromatic heterocycles. The van der Waals surface area contributed by atoms with Gasteiger partial charge in [-0.3, -0.25) is 0 Å². The normalized spacial score (nSPS) is 10.7. The average Bonchev–Trinajstić information content (AvgIpc) is 2.44. The summed E-state index contributed by atoms with van der Waals surface area (Å²) in [5, 5.41) is 6.43. The lowest BCUT2D eigenvalue weighted by atomic mass is 10.2. The Morgan fingerprint density at radius 2 is 1.52 bits per heavy atom. The molecule has 0 saturated heterocycles. The summed E-state index contributed by atoms with van der Waals surface area (Å²) in [4.78, 5) is 12.9. The van der Waals surface area contributed by atoms with Crippen molar-refractivity contribution in [3.05, 3.63) is 0 Å². The number of hydrogen-bond donors (Lipinski definition) is 2. The fourth-order valence-corrected chi connectivity index (χ4v) is 1.77. The van der Waals surface area contributed by atoms with E-state index in [9.17, 15) is 0 Å². The second kappa shape index (κ2) is 10.2. The standard InChI is InChI=1S/C15H29N5O/c1-5-7-8-9-11-17-14-18-13(16-10-6-2)19-15(20-14)21-12(3)4/h12H,5-11H2,1-4H3,(H2,16,17,18,19,20). The maximum Gasteiger partial charge on any atom is 0.323 e. The van der Waals surface area contributed by atoms with Crippen LogP contribution in [-0.2, 0) is 0 Å². The fraction of sp³-hybridized carbons (Fsp3) is 0.800. The molecule has 0 saturated carbocycles. The van der Waals surface area contributed by atoms with E-state index in [2.05, 4.69) is 39.4 Å². The molecular formula is C15H29N5O. The second-order valence-corrected chi connectivity index (χ2v) is 5.35. The molecule has 0 spiro atoms. The van der Waals surface area contributed by atoms with Crippen molar-refractivity contribution in [3.8, 4) is 6.01 Å². The second-order valence-electron chi connectivity index (χ2n) is 5.35. The minimum Gasteiger partial charge on any atom is -0.461 e. The van der Waals surface area contributed by atoms with Gasteiger partial charge in [-0.25, -0.2) is 0 Å². The fourth-order valence-electron chi connectivity index (χ4n) is 1.77. The lowest BCUT2D eigenvalue weighted by molar-refractivity contribution is 0.222. The SMILES string of the molecule is CCCCCCNc1nc(NCCC)nc(OC(C)C)n1. The summed E-state index contributed by atoms with van der Waals surface area (Å²) in [5.41, 5.74) is 0. The minimum absolute atomic E-state index is 0.0452. The first-order chi connectivity index (χ1) is 10.2. The van der Waals surface area contributed by atoms with E-state index >= 15 is 0 Å². The van der Waals surface area contributed by atoms with E-state index in [0.29, 0.717) is 17.9 Å². The van der Waals surface area contributed by atoms with Gasteiger partial charge in [0.25, 0.3) is 0 Å². The number of unbranched alkanes of at least 4 members (excludes halogenated alkanes) is 3. The molecule has 0 atom stereocenters. The van der Waals surface area contributed by atoms with Gasteiger partial charge in [-0.2, -0.15) is 15.0 Å². The maximum atomic E-state index is 5.58. The van der Waals surface area contributed by atoms with Crippen LogP contribution in [0, 0.1) is 0 Å². The van der Waals surface area contributed by atoms with Crippen LogP contribution in [0.15, 0.2) is 0 Å². The molecule has 0 aliphatic carbocycles. The van der Waals surface area contributed by atoms with Gasteiger partial charge in [0, 0.05) is 13.1 Å². The maximum absolute atomic E-state index is 5.58. The highest BCUT2D eigenvalue weighted by Crippen LogP contribution is 2.13. The first-order valence-electron chi connectivity index (χ1n) is 8.06. The Hall–Kier alpha value is -1.59. The summed E-state index contributed by atoms with van der Waals surface area (Å²) in [7, 11) is 0. The van der Waals surface area contributed by atoms with Crippen molar-refractivity contribution in [1.82, 2.24) is 15.0 Å². The van der Waals surface area contributed by atoms with E-state index in [0.717, 1.165) is 25.9 Å². The number of nitrogens with one attached hydrogen (secondary N) is 2. The molecule has 21 heavy (non-hydrogen) atoms. The zero-order chi connectivity index (χ0) is 15.5. The predicted molar refractivity (Wildman–Crippen MR) is 87.0 cm³/mol. The topological polar surface area (TPSA) is 72.0 Å². The third-order valence-corrected chi connectivity index (χ3v) is 2.80. The number of anilines is 2. The van der Waals surface area contributed by atoms with Gasteiger partial charge in [0.15, 0.2) is 0 Å². The van der Waals surface area contributed by atoms with Crippen molar-refractivity contribution in [1.29, 1.82) is 0 Å². The molecule has 0 radical (unpaired) electrons. The van der Waals surface area contributed by atoms with Crippen LogP contribution >= 0.6 is 0 Å². The van der Waals surface area contributed by atoms with Crippen LogP contribution in [0.4, 0.5) is 11.9 Å². The molecule has 120 valence electrons. The third kappa shape index (κ3) is 7.68. The predicted octanol–water partition coefficient (Wildman–Crippen LogP) is 3.47. The van der Waals surface area contributed by atoms with Crippen molar-refractivity contribution in [2.75, 3.05) is 23.7 Å². The Balaban J connectivity index is 2.62. The Kier molecular flexibility index (Phi) is 8.47. The minimum atomic E-state index is 0.0452. The molecule has 0 unspecified atom stereocenters. The van der Waals surface area contributed by atoms with Crippen LogP contribution in [0.5, 0.6) is 6.01 Å². The van der Waals surface area contributed by atoms with E-state index in [1.165, 1.54) is 19.3 Å². The van der Waals surface area contributed by atoms with Crippen molar-refractivity contribution < 1.29 is 4.74 Å². The summed E-state index contributed by atoms with van der Waals surface area (Å²) < 4.78 is 5.58. The summed E-state index contributed by atoms with van der Waals surface area (Å²) >= 11 is 0. The largest absolute Gasteiger partial charge is 0.461 e. The van der Waals surface area contributed by atoms with Crippen molar-refractivity contribution in [2.45, 2.75) is 65.9 Å². The molecule has 6 nitrogen and oxygen atoms in total. The Labute approximate surface area is 128 Å². The van der Waals surface area contributed by atoms with E-state index in [4.69, 9.17) is 4.74 Å². The lowest BCUT2D eigenvalue weighted by Gasteiger charge is -2.12. The van der Waals surface area contributed by atoms with E-state index < -0.39 is 0 Å². The first kappa shape index (κ1) is 17.5. The van der Waals surface area contributed by atoms with Gasteiger partial charge < -0.3 is 15.4 Å². The molecule has 1 rings (SSSR count). The number of nitrogens with zero attached hydrogens (tertiary/aromatic N) is 3. The molecule has 1 aromatic rings. The van der Waals surface area contributed by atoms with Crippen LogP contribution in [0.25, 0.3) is 0 Å². The van der Waals surface area contributed by atoms with Gasteiger partial charge in [0.1, 0.15) is 0 Å². The number of rotatable bonds is 11. The van der Waals surface area contributed by atoms with Crippen LogP contribution in [0.3, 0.4) is 0 Å². The van der Waals surface area contributed by atoms with E-state index in [1.807, 2.05) is 13.8 Å². The van der Waals surface area contributed by atoms with Gasteiger partial charge in [0.05, 0.1) is 6.10 Å². The molecule has 0 amide bonds. The first-order valence-corrected chi connectivity index (χ1v) is 8.06. The molecule has 1 heterocycles. The molecule has 2 N–H and O–H groups in total. The summed E-state index contributed by atoms with van der Waals surface area (Å²) in [6.07, 6.45) is 5.92. The smallest absolute Gasteiger partial charge is 0.323 e. The molecule has 0 fully saturated rings. The highest BCUT2D eigenvalue weighted by Gasteiger charge is 2.08. The molecule has 6 heteroatoms. The van der Waals surface area contributed by atoms with Crippen LogP contribution in [-0.4, -0.2) is 34.1 Å². The molecule has 0 aliphatic heterocycles. The number of hydrogen-bond acceptors (Lipinski definition) is 6. The summed E-state index contributed by atoms with van der Waals surface area (Å²) in [6, 6.07) is 0.370. The lowest BCUT2D eigenvalue weighted by Crippen LogP contribution is -2.14. The van der Waals surface area contributed by atoms with Gasteiger partial charge in [-0.1, -0.05) is 33.1 Å². The molecule has 0 aliphatic rings. The zero-order valence-corrected chi connectivity index (χ0v) is 13.8. The van der Waals surface area contributed by atoms with Gasteiger partial charge in [-0.05, 0) is 26.7 Å². The number of aromatic nitrogens is 3. The molecule has 0 bridgehead atoms. The monoisotopic (exact) mass is 295 g/mol. The van der Waals surface area contributed by atoms with Crippen molar-refractivity contribution in [2.24, 2.45) is 0 Å². The van der Waals surface area contributed by atoms with Gasteiger partial charge in [0.2, 0.25) is 11.9 Å². The van der Waals surface area contributed by atoms with E-state index in [-0.39, 0.29) is 6.10 Å². The van der Waals surface area contributed by atoms with Crippen LogP contribution in [0.1, 0.15) is 59.8 Å². The molecular weight excluding hydrogens is 266 g/mol. The van der Waals surface area contributed by atoms with E-state index in [1.54, 1.807) is 0 Å². The quantitative estimate of drug-likeness (QED) is 0.609. The van der Waals surface area contributed by atoms with Crippen molar-refractivity contribution in [3.63, 3.8) is 0 Å². The third-order valence-electron chi connectivity index (χ3n) is 2.80. The summed E-state index contributed by atoms with van der Waals surface area (Å²) in [5.74, 6) is 1.15. The zero-order valence-electron chi connectivity index (χ0n) is 13.8. The Morgan fingerprint density at radius 3 is 2.10 bits per heavy atom. The average molecular weight is 295 g/mol. The van der Waals surface area contributed by atoms with Gasteiger partial charge in [-0.15, -0.1) is 0 Å². The molecule has 0 aromatic carbocycles. The van der Waals surface area contributed by atoms with Crippen molar-refractivity contribution >= 4 is 11.9 Å².